The van der Waals surface area contributed by atoms with Crippen molar-refractivity contribution in [3.63, 3.8) is 0 Å². The first kappa shape index (κ1) is 13.4. The van der Waals surface area contributed by atoms with Crippen LogP contribution in [0.5, 0.6) is 0 Å². The van der Waals surface area contributed by atoms with Gasteiger partial charge in [0.2, 0.25) is 5.91 Å². The van der Waals surface area contributed by atoms with E-state index < -0.39 is 0 Å². The molecule has 0 saturated heterocycles. The van der Waals surface area contributed by atoms with Crippen molar-refractivity contribution in [1.82, 2.24) is 10.3 Å². The standard InChI is InChI=1S/C12H12FN3O2S/c13-8-1-3-9(4-2-8)15-11(17)6-14-5-10-7-19-12(18)16-10/h1-4,7,14H,5-6H2,(H,15,17)(H,16,18). The van der Waals surface area contributed by atoms with Crippen LogP contribution in [0.3, 0.4) is 0 Å². The van der Waals surface area contributed by atoms with Gasteiger partial charge in [0.1, 0.15) is 5.82 Å². The summed E-state index contributed by atoms with van der Waals surface area (Å²) in [7, 11) is 0. The summed E-state index contributed by atoms with van der Waals surface area (Å²) in [6.07, 6.45) is 0. The van der Waals surface area contributed by atoms with Crippen molar-refractivity contribution in [2.24, 2.45) is 0 Å². The predicted octanol–water partition coefficient (Wildman–Crippen LogP) is 1.30. The molecular weight excluding hydrogens is 269 g/mol. The fraction of sp³-hybridized carbons (Fsp3) is 0.167. The lowest BCUT2D eigenvalue weighted by molar-refractivity contribution is -0.115. The Balaban J connectivity index is 1.75. The van der Waals surface area contributed by atoms with Crippen LogP contribution in [0.25, 0.3) is 0 Å². The van der Waals surface area contributed by atoms with Gasteiger partial charge in [-0.3, -0.25) is 9.59 Å². The number of benzene rings is 1. The number of thiazole rings is 1. The third kappa shape index (κ3) is 4.31. The lowest BCUT2D eigenvalue weighted by atomic mass is 10.3. The smallest absolute Gasteiger partial charge is 0.304 e. The molecule has 2 rings (SSSR count). The fourth-order valence-corrected chi connectivity index (χ4v) is 2.03. The van der Waals surface area contributed by atoms with Crippen molar-refractivity contribution in [1.29, 1.82) is 0 Å². The molecule has 1 heterocycles. The highest BCUT2D eigenvalue weighted by atomic mass is 32.1. The normalized spacial score (nSPS) is 10.4. The SMILES string of the molecule is O=C(CNCc1csc(=O)[nH]1)Nc1ccc(F)cc1. The van der Waals surface area contributed by atoms with Gasteiger partial charge in [0.05, 0.1) is 6.54 Å². The van der Waals surface area contributed by atoms with Gasteiger partial charge in [-0.25, -0.2) is 4.39 Å². The fourth-order valence-electron chi connectivity index (χ4n) is 1.45. The first-order valence-corrected chi connectivity index (χ1v) is 6.44. The van der Waals surface area contributed by atoms with E-state index in [0.717, 1.165) is 17.0 Å². The second kappa shape index (κ2) is 6.26. The van der Waals surface area contributed by atoms with E-state index >= 15 is 0 Å². The van der Waals surface area contributed by atoms with Crippen molar-refractivity contribution < 1.29 is 9.18 Å². The molecule has 0 radical (unpaired) electrons. The Morgan fingerprint density at radius 1 is 1.32 bits per heavy atom. The van der Waals surface area contributed by atoms with Crippen LogP contribution in [0.15, 0.2) is 34.4 Å². The molecular formula is C12H12FN3O2S. The van der Waals surface area contributed by atoms with E-state index in [4.69, 9.17) is 0 Å². The van der Waals surface area contributed by atoms with Crippen LogP contribution in [0.4, 0.5) is 10.1 Å². The Hall–Kier alpha value is -1.99. The number of hydrogen-bond acceptors (Lipinski definition) is 4. The number of aromatic amines is 1. The molecule has 0 aliphatic carbocycles. The van der Waals surface area contributed by atoms with Gasteiger partial charge in [-0.05, 0) is 24.3 Å². The van der Waals surface area contributed by atoms with Crippen LogP contribution in [0, 0.1) is 5.82 Å². The maximum Gasteiger partial charge on any atom is 0.304 e. The number of aromatic nitrogens is 1. The van der Waals surface area contributed by atoms with Gasteiger partial charge in [0.25, 0.3) is 0 Å². The molecule has 0 spiro atoms. The highest BCUT2D eigenvalue weighted by Crippen LogP contribution is 2.07. The van der Waals surface area contributed by atoms with Crippen LogP contribution in [0.1, 0.15) is 5.69 Å². The third-order valence-corrected chi connectivity index (χ3v) is 3.02. The monoisotopic (exact) mass is 281 g/mol. The number of nitrogens with one attached hydrogen (secondary N) is 3. The predicted molar refractivity (Wildman–Crippen MR) is 71.7 cm³/mol. The average Bonchev–Trinajstić information content (AvgIpc) is 2.78. The molecule has 0 bridgehead atoms. The number of halogens is 1. The maximum absolute atomic E-state index is 12.7. The zero-order valence-corrected chi connectivity index (χ0v) is 10.7. The van der Waals surface area contributed by atoms with Crippen molar-refractivity contribution in [3.05, 3.63) is 50.8 Å². The zero-order valence-electron chi connectivity index (χ0n) is 9.90. The molecule has 3 N–H and O–H groups in total. The first-order chi connectivity index (χ1) is 9.13. The average molecular weight is 281 g/mol. The number of carbonyl (C=O) groups excluding carboxylic acids is 1. The summed E-state index contributed by atoms with van der Waals surface area (Å²) < 4.78 is 12.7. The molecule has 1 aromatic carbocycles. The lowest BCUT2D eigenvalue weighted by Gasteiger charge is -2.05. The van der Waals surface area contributed by atoms with Gasteiger partial charge in [0.15, 0.2) is 0 Å². The largest absolute Gasteiger partial charge is 0.325 e. The molecule has 1 amide bonds. The number of carbonyl (C=O) groups is 1. The van der Waals surface area contributed by atoms with Crippen molar-refractivity contribution in [3.8, 4) is 0 Å². The van der Waals surface area contributed by atoms with Gasteiger partial charge in [0, 0.05) is 23.3 Å². The molecule has 1 aromatic heterocycles. The summed E-state index contributed by atoms with van der Waals surface area (Å²) in [5.74, 6) is -0.582. The van der Waals surface area contributed by atoms with Crippen LogP contribution in [-0.2, 0) is 11.3 Å². The third-order valence-electron chi connectivity index (χ3n) is 2.30. The van der Waals surface area contributed by atoms with E-state index in [2.05, 4.69) is 15.6 Å². The minimum Gasteiger partial charge on any atom is -0.325 e. The number of rotatable bonds is 5. The summed E-state index contributed by atoms with van der Waals surface area (Å²) >= 11 is 1.08. The summed E-state index contributed by atoms with van der Waals surface area (Å²) in [5.41, 5.74) is 1.28. The zero-order chi connectivity index (χ0) is 13.7. The Morgan fingerprint density at radius 3 is 2.68 bits per heavy atom. The molecule has 7 heteroatoms. The Labute approximate surface area is 112 Å². The molecule has 0 aliphatic heterocycles. The maximum atomic E-state index is 12.7. The van der Waals surface area contributed by atoms with E-state index in [1.54, 1.807) is 5.38 Å². The van der Waals surface area contributed by atoms with Crippen molar-refractivity contribution in [2.45, 2.75) is 6.54 Å². The summed E-state index contributed by atoms with van der Waals surface area (Å²) in [6.45, 7) is 0.519. The van der Waals surface area contributed by atoms with Crippen LogP contribution < -0.4 is 15.5 Å². The lowest BCUT2D eigenvalue weighted by Crippen LogP contribution is -2.27. The Bertz CT molecular complexity index is 606. The second-order valence-electron chi connectivity index (χ2n) is 3.83. The van der Waals surface area contributed by atoms with Crippen molar-refractivity contribution in [2.75, 3.05) is 11.9 Å². The van der Waals surface area contributed by atoms with E-state index in [1.807, 2.05) is 0 Å². The second-order valence-corrected chi connectivity index (χ2v) is 4.67. The van der Waals surface area contributed by atoms with Gasteiger partial charge >= 0.3 is 4.87 Å². The highest BCUT2D eigenvalue weighted by molar-refractivity contribution is 7.07. The molecule has 5 nitrogen and oxygen atoms in total. The highest BCUT2D eigenvalue weighted by Gasteiger charge is 2.03. The molecule has 2 aromatic rings. The minimum atomic E-state index is -0.350. The topological polar surface area (TPSA) is 74.0 Å². The quantitative estimate of drug-likeness (QED) is 0.773. The molecule has 0 unspecified atom stereocenters. The van der Waals surface area contributed by atoms with E-state index in [0.29, 0.717) is 12.2 Å². The molecule has 19 heavy (non-hydrogen) atoms. The van der Waals surface area contributed by atoms with Crippen molar-refractivity contribution >= 4 is 22.9 Å². The molecule has 0 saturated carbocycles. The molecule has 100 valence electrons. The Kier molecular flexibility index (Phi) is 4.43. The van der Waals surface area contributed by atoms with Gasteiger partial charge < -0.3 is 15.6 Å². The van der Waals surface area contributed by atoms with Gasteiger partial charge in [-0.2, -0.15) is 0 Å². The van der Waals surface area contributed by atoms with Crippen LogP contribution >= 0.6 is 11.3 Å². The molecule has 0 atom stereocenters. The number of H-pyrrole nitrogens is 1. The molecule has 0 aliphatic rings. The van der Waals surface area contributed by atoms with Crippen LogP contribution in [0.2, 0.25) is 0 Å². The number of amides is 1. The number of hydrogen-bond donors (Lipinski definition) is 3. The van der Waals surface area contributed by atoms with E-state index in [-0.39, 0.29) is 23.1 Å². The van der Waals surface area contributed by atoms with Crippen LogP contribution in [-0.4, -0.2) is 17.4 Å². The summed E-state index contributed by atoms with van der Waals surface area (Å²) in [4.78, 5) is 25.0. The van der Waals surface area contributed by atoms with E-state index in [9.17, 15) is 14.0 Å². The molecule has 0 fully saturated rings. The summed E-state index contributed by atoms with van der Waals surface area (Å²) in [6, 6.07) is 5.53. The minimum absolute atomic E-state index is 0.106. The first-order valence-electron chi connectivity index (χ1n) is 5.56. The van der Waals surface area contributed by atoms with Gasteiger partial charge in [-0.1, -0.05) is 11.3 Å². The van der Waals surface area contributed by atoms with Gasteiger partial charge in [-0.15, -0.1) is 0 Å². The Morgan fingerprint density at radius 2 is 2.05 bits per heavy atom. The van der Waals surface area contributed by atoms with E-state index in [1.165, 1.54) is 24.3 Å². The number of anilines is 1. The summed E-state index contributed by atoms with van der Waals surface area (Å²) in [5, 5.41) is 7.22.